The number of rotatable bonds is 5. The van der Waals surface area contributed by atoms with Crippen molar-refractivity contribution < 1.29 is 14.6 Å². The Bertz CT molecular complexity index is 671. The monoisotopic (exact) mass is 318 g/mol. The zero-order valence-electron chi connectivity index (χ0n) is 13.3. The van der Waals surface area contributed by atoms with Crippen molar-refractivity contribution in [3.63, 3.8) is 0 Å². The molecule has 0 radical (unpaired) electrons. The number of carbonyl (C=O) groups excluding carboxylic acids is 1. The van der Waals surface area contributed by atoms with Crippen molar-refractivity contribution in [3.8, 4) is 5.75 Å². The summed E-state index contributed by atoms with van der Waals surface area (Å²) in [7, 11) is 0. The first-order valence-corrected chi connectivity index (χ1v) is 8.01. The number of benzene rings is 1. The third-order valence-corrected chi connectivity index (χ3v) is 4.09. The Hall–Kier alpha value is -1.88. The number of thiazole rings is 1. The molecule has 0 bridgehead atoms. The molecule has 2 rings (SSSR count). The van der Waals surface area contributed by atoms with Crippen LogP contribution in [0.5, 0.6) is 5.75 Å². The van der Waals surface area contributed by atoms with Crippen LogP contribution in [0.4, 0.5) is 0 Å². The van der Waals surface area contributed by atoms with Crippen LogP contribution < -0.4 is 9.84 Å². The van der Waals surface area contributed by atoms with Crippen LogP contribution in [0.25, 0.3) is 0 Å². The SMILES string of the molecule is Cc1ccc(C(C)(C)C)c(OCc2nc(CC(=O)[O-])cs2)c1. The molecular weight excluding hydrogens is 298 g/mol. The summed E-state index contributed by atoms with van der Waals surface area (Å²) in [6.45, 7) is 8.80. The summed E-state index contributed by atoms with van der Waals surface area (Å²) in [5, 5.41) is 13.1. The first kappa shape index (κ1) is 16.5. The Morgan fingerprint density at radius 2 is 2.09 bits per heavy atom. The largest absolute Gasteiger partial charge is 0.550 e. The van der Waals surface area contributed by atoms with E-state index in [-0.39, 0.29) is 11.8 Å². The number of carboxylic acid groups (broad SMARTS) is 1. The van der Waals surface area contributed by atoms with Crippen LogP contribution in [0, 0.1) is 6.92 Å². The topological polar surface area (TPSA) is 62.2 Å². The van der Waals surface area contributed by atoms with Gasteiger partial charge >= 0.3 is 0 Å². The van der Waals surface area contributed by atoms with E-state index in [2.05, 4.69) is 37.9 Å². The Labute approximate surface area is 134 Å². The van der Waals surface area contributed by atoms with Crippen molar-refractivity contribution in [1.82, 2.24) is 4.98 Å². The van der Waals surface area contributed by atoms with Gasteiger partial charge in [0, 0.05) is 17.8 Å². The summed E-state index contributed by atoms with van der Waals surface area (Å²) in [6.07, 6.45) is -0.159. The maximum absolute atomic E-state index is 10.6. The lowest BCUT2D eigenvalue weighted by molar-refractivity contribution is -0.304. The van der Waals surface area contributed by atoms with Gasteiger partial charge in [-0.2, -0.15) is 0 Å². The molecule has 0 N–H and O–H groups in total. The lowest BCUT2D eigenvalue weighted by Crippen LogP contribution is -2.24. The first-order chi connectivity index (χ1) is 10.3. The van der Waals surface area contributed by atoms with E-state index in [4.69, 9.17) is 4.74 Å². The van der Waals surface area contributed by atoms with Crippen molar-refractivity contribution in [2.24, 2.45) is 0 Å². The summed E-state index contributed by atoms with van der Waals surface area (Å²) < 4.78 is 5.93. The predicted molar refractivity (Wildman–Crippen MR) is 85.0 cm³/mol. The zero-order valence-corrected chi connectivity index (χ0v) is 14.1. The summed E-state index contributed by atoms with van der Waals surface area (Å²) in [4.78, 5) is 14.8. The lowest BCUT2D eigenvalue weighted by Gasteiger charge is -2.23. The van der Waals surface area contributed by atoms with Gasteiger partial charge in [-0.15, -0.1) is 11.3 Å². The van der Waals surface area contributed by atoms with Crippen LogP contribution in [0.2, 0.25) is 0 Å². The molecule has 1 aromatic carbocycles. The minimum Gasteiger partial charge on any atom is -0.550 e. The van der Waals surface area contributed by atoms with E-state index in [9.17, 15) is 9.90 Å². The maximum atomic E-state index is 10.6. The van der Waals surface area contributed by atoms with Gasteiger partial charge in [-0.05, 0) is 29.5 Å². The fourth-order valence-electron chi connectivity index (χ4n) is 2.15. The Morgan fingerprint density at radius 1 is 1.36 bits per heavy atom. The Balaban J connectivity index is 2.12. The van der Waals surface area contributed by atoms with Gasteiger partial charge < -0.3 is 14.6 Å². The quantitative estimate of drug-likeness (QED) is 0.850. The molecule has 0 spiro atoms. The summed E-state index contributed by atoms with van der Waals surface area (Å²) in [5.41, 5.74) is 2.79. The molecule has 0 aliphatic heterocycles. The van der Waals surface area contributed by atoms with E-state index < -0.39 is 5.97 Å². The molecule has 4 nitrogen and oxygen atoms in total. The van der Waals surface area contributed by atoms with Crippen molar-refractivity contribution in [1.29, 1.82) is 0 Å². The number of aliphatic carboxylic acids is 1. The summed E-state index contributed by atoms with van der Waals surface area (Å²) in [6, 6.07) is 6.19. The molecule has 1 heterocycles. The van der Waals surface area contributed by atoms with E-state index in [1.54, 1.807) is 5.38 Å². The van der Waals surface area contributed by atoms with Crippen LogP contribution in [0.15, 0.2) is 23.6 Å². The number of nitrogens with zero attached hydrogens (tertiary/aromatic N) is 1. The minimum atomic E-state index is -1.12. The molecule has 0 atom stereocenters. The highest BCUT2D eigenvalue weighted by Crippen LogP contribution is 2.32. The minimum absolute atomic E-state index is 0.00789. The number of aromatic nitrogens is 1. The molecule has 0 saturated heterocycles. The van der Waals surface area contributed by atoms with Crippen LogP contribution in [-0.2, 0) is 23.2 Å². The third kappa shape index (κ3) is 4.31. The fourth-order valence-corrected chi connectivity index (χ4v) is 2.86. The van der Waals surface area contributed by atoms with E-state index in [1.165, 1.54) is 11.3 Å². The third-order valence-electron chi connectivity index (χ3n) is 3.22. The smallest absolute Gasteiger partial charge is 0.140 e. The van der Waals surface area contributed by atoms with Crippen molar-refractivity contribution in [3.05, 3.63) is 45.4 Å². The molecule has 0 amide bonds. The molecule has 118 valence electrons. The number of ether oxygens (including phenoxy) is 1. The number of hydrogen-bond donors (Lipinski definition) is 0. The van der Waals surface area contributed by atoms with Gasteiger partial charge in [-0.3, -0.25) is 0 Å². The number of hydrogen-bond acceptors (Lipinski definition) is 5. The zero-order chi connectivity index (χ0) is 16.3. The number of aryl methyl sites for hydroxylation is 1. The molecule has 0 aliphatic carbocycles. The first-order valence-electron chi connectivity index (χ1n) is 7.13. The van der Waals surface area contributed by atoms with Gasteiger partial charge in [0.1, 0.15) is 17.4 Å². The lowest BCUT2D eigenvalue weighted by atomic mass is 9.86. The average molecular weight is 318 g/mol. The number of carboxylic acids is 1. The van der Waals surface area contributed by atoms with Gasteiger partial charge in [0.15, 0.2) is 0 Å². The molecule has 2 aromatic rings. The highest BCUT2D eigenvalue weighted by Gasteiger charge is 2.19. The van der Waals surface area contributed by atoms with Gasteiger partial charge in [0.25, 0.3) is 0 Å². The second-order valence-corrected chi connectivity index (χ2v) is 7.26. The van der Waals surface area contributed by atoms with Crippen molar-refractivity contribution in [2.75, 3.05) is 0 Å². The molecule has 1 aromatic heterocycles. The molecule has 0 saturated carbocycles. The molecule has 0 fully saturated rings. The van der Waals surface area contributed by atoms with Gasteiger partial charge in [-0.1, -0.05) is 32.9 Å². The van der Waals surface area contributed by atoms with Gasteiger partial charge in [-0.25, -0.2) is 4.98 Å². The molecular formula is C17H20NO3S-. The van der Waals surface area contributed by atoms with Gasteiger partial charge in [0.05, 0.1) is 5.69 Å². The van der Waals surface area contributed by atoms with E-state index in [1.807, 2.05) is 13.0 Å². The van der Waals surface area contributed by atoms with E-state index >= 15 is 0 Å². The Morgan fingerprint density at radius 3 is 2.73 bits per heavy atom. The predicted octanol–water partition coefficient (Wildman–Crippen LogP) is 2.62. The fraction of sp³-hybridized carbons (Fsp3) is 0.412. The molecule has 5 heteroatoms. The highest BCUT2D eigenvalue weighted by molar-refractivity contribution is 7.09. The van der Waals surface area contributed by atoms with Crippen molar-refractivity contribution in [2.45, 2.75) is 46.1 Å². The summed E-state index contributed by atoms with van der Waals surface area (Å²) in [5.74, 6) is -0.268. The van der Waals surface area contributed by atoms with Gasteiger partial charge in [0.2, 0.25) is 0 Å². The molecule has 0 unspecified atom stereocenters. The second-order valence-electron chi connectivity index (χ2n) is 6.32. The molecule has 0 aliphatic rings. The van der Waals surface area contributed by atoms with E-state index in [0.29, 0.717) is 12.3 Å². The van der Waals surface area contributed by atoms with Crippen LogP contribution in [0.3, 0.4) is 0 Å². The standard InChI is InChI=1S/C17H21NO3S/c1-11-5-6-13(17(2,3)4)14(7-11)21-9-15-18-12(10-22-15)8-16(19)20/h5-7,10H,8-9H2,1-4H3,(H,19,20)/p-1. The second kappa shape index (κ2) is 6.48. The van der Waals surface area contributed by atoms with Crippen LogP contribution in [-0.4, -0.2) is 11.0 Å². The number of carbonyl (C=O) groups is 1. The average Bonchev–Trinajstić information content (AvgIpc) is 2.81. The normalized spacial score (nSPS) is 11.5. The van der Waals surface area contributed by atoms with Crippen LogP contribution >= 0.6 is 11.3 Å². The Kier molecular flexibility index (Phi) is 4.86. The van der Waals surface area contributed by atoms with Crippen molar-refractivity contribution >= 4 is 17.3 Å². The maximum Gasteiger partial charge on any atom is 0.140 e. The highest BCUT2D eigenvalue weighted by atomic mass is 32.1. The van der Waals surface area contributed by atoms with E-state index in [0.717, 1.165) is 21.9 Å². The van der Waals surface area contributed by atoms with Crippen LogP contribution in [0.1, 0.15) is 42.6 Å². The molecule has 22 heavy (non-hydrogen) atoms. The summed E-state index contributed by atoms with van der Waals surface area (Å²) >= 11 is 1.40.